The molecule has 21 heavy (non-hydrogen) atoms. The normalized spacial score (nSPS) is 12.2. The molecule has 1 unspecified atom stereocenters. The zero-order valence-electron chi connectivity index (χ0n) is 12.0. The molecule has 0 spiro atoms. The van der Waals surface area contributed by atoms with Crippen molar-refractivity contribution in [1.82, 2.24) is 0 Å². The van der Waals surface area contributed by atoms with E-state index < -0.39 is 0 Å². The molecule has 3 aromatic carbocycles. The van der Waals surface area contributed by atoms with E-state index in [1.165, 1.54) is 5.39 Å². The van der Waals surface area contributed by atoms with Gasteiger partial charge >= 0.3 is 0 Å². The van der Waals surface area contributed by atoms with Gasteiger partial charge in [-0.15, -0.1) is 0 Å². The Labute approximate surface area is 125 Å². The van der Waals surface area contributed by atoms with E-state index in [1.54, 1.807) is 0 Å². The van der Waals surface area contributed by atoms with Crippen LogP contribution in [0.25, 0.3) is 10.8 Å². The topological polar surface area (TPSA) is 21.3 Å². The van der Waals surface area contributed by atoms with Gasteiger partial charge in [0, 0.05) is 23.9 Å². The number of fused-ring (bicyclic) bond motifs is 1. The van der Waals surface area contributed by atoms with Crippen LogP contribution in [0, 0.1) is 6.07 Å². The Kier molecular flexibility index (Phi) is 4.17. The largest absolute Gasteiger partial charge is 0.356 e. The molecule has 0 saturated carbocycles. The van der Waals surface area contributed by atoms with Crippen molar-refractivity contribution >= 4 is 16.5 Å². The molecule has 0 aliphatic heterocycles. The van der Waals surface area contributed by atoms with Gasteiger partial charge in [-0.3, -0.25) is 0 Å². The maximum absolute atomic E-state index is 5.81. The Balaban J connectivity index is 1.87. The lowest BCUT2D eigenvalue weighted by Gasteiger charge is -2.20. The number of nitrogens with one attached hydrogen (secondary N) is 1. The molecule has 0 aromatic heterocycles. The second-order valence-electron chi connectivity index (χ2n) is 4.85. The van der Waals surface area contributed by atoms with Crippen LogP contribution >= 0.6 is 0 Å². The van der Waals surface area contributed by atoms with Gasteiger partial charge in [-0.25, -0.2) is 0 Å². The van der Waals surface area contributed by atoms with Crippen molar-refractivity contribution in [3.05, 3.63) is 78.4 Å². The van der Waals surface area contributed by atoms with Crippen LogP contribution in [-0.2, 0) is 4.74 Å². The zero-order valence-corrected chi connectivity index (χ0v) is 12.0. The van der Waals surface area contributed by atoms with Crippen molar-refractivity contribution < 1.29 is 4.74 Å². The van der Waals surface area contributed by atoms with Crippen molar-refractivity contribution in [1.29, 1.82) is 0 Å². The smallest absolute Gasteiger partial charge is 0.154 e. The van der Waals surface area contributed by atoms with E-state index in [0.717, 1.165) is 16.6 Å². The highest BCUT2D eigenvalue weighted by atomic mass is 16.5. The standard InChI is InChI=1S/C19H18NO/c1-2-21-19(16-9-4-3-5-10-16)20-18-13-12-15-8-6-7-11-17(15)14-18/h3-13,19-20H,2H2,1H3. The summed E-state index contributed by atoms with van der Waals surface area (Å²) in [5.41, 5.74) is 2.05. The Bertz CT molecular complexity index is 709. The Morgan fingerprint density at radius 2 is 1.71 bits per heavy atom. The molecule has 1 radical (unpaired) electrons. The van der Waals surface area contributed by atoms with E-state index in [0.29, 0.717) is 6.61 Å². The highest BCUT2D eigenvalue weighted by molar-refractivity contribution is 5.84. The number of rotatable bonds is 5. The van der Waals surface area contributed by atoms with Gasteiger partial charge in [0.2, 0.25) is 0 Å². The predicted molar refractivity (Wildman–Crippen MR) is 87.2 cm³/mol. The third-order valence-electron chi connectivity index (χ3n) is 3.38. The van der Waals surface area contributed by atoms with E-state index in [9.17, 15) is 0 Å². The van der Waals surface area contributed by atoms with E-state index in [2.05, 4.69) is 41.7 Å². The minimum absolute atomic E-state index is 0.159. The van der Waals surface area contributed by atoms with E-state index in [1.807, 2.05) is 43.3 Å². The molecule has 3 aromatic rings. The van der Waals surface area contributed by atoms with Crippen LogP contribution in [0.4, 0.5) is 5.69 Å². The minimum Gasteiger partial charge on any atom is -0.356 e. The van der Waals surface area contributed by atoms with E-state index >= 15 is 0 Å². The second-order valence-corrected chi connectivity index (χ2v) is 4.85. The van der Waals surface area contributed by atoms with Crippen molar-refractivity contribution in [2.24, 2.45) is 0 Å². The fourth-order valence-corrected chi connectivity index (χ4v) is 2.36. The molecule has 0 aliphatic carbocycles. The summed E-state index contributed by atoms with van der Waals surface area (Å²) in [4.78, 5) is 0. The van der Waals surface area contributed by atoms with Gasteiger partial charge < -0.3 is 10.1 Å². The van der Waals surface area contributed by atoms with Crippen molar-refractivity contribution in [3.8, 4) is 0 Å². The Hall–Kier alpha value is -2.32. The molecule has 105 valence electrons. The lowest BCUT2D eigenvalue weighted by Crippen LogP contribution is -2.14. The molecule has 0 heterocycles. The molecule has 0 bridgehead atoms. The summed E-state index contributed by atoms with van der Waals surface area (Å²) in [7, 11) is 0. The van der Waals surface area contributed by atoms with Gasteiger partial charge in [0.25, 0.3) is 0 Å². The predicted octanol–water partition coefficient (Wildman–Crippen LogP) is 4.79. The number of benzene rings is 3. The minimum atomic E-state index is -0.159. The van der Waals surface area contributed by atoms with Gasteiger partial charge in [-0.05, 0) is 23.8 Å². The summed E-state index contributed by atoms with van der Waals surface area (Å²) >= 11 is 0. The third-order valence-corrected chi connectivity index (χ3v) is 3.38. The van der Waals surface area contributed by atoms with Gasteiger partial charge in [-0.2, -0.15) is 0 Å². The van der Waals surface area contributed by atoms with Crippen LogP contribution in [0.2, 0.25) is 0 Å². The molecule has 0 amide bonds. The SMILES string of the molecule is CCOC(Nc1[c]c2ccccc2cc1)c1ccccc1. The summed E-state index contributed by atoms with van der Waals surface area (Å²) in [6, 6.07) is 25.9. The molecule has 0 fully saturated rings. The third kappa shape index (κ3) is 3.23. The summed E-state index contributed by atoms with van der Waals surface area (Å²) in [6.45, 7) is 2.65. The Morgan fingerprint density at radius 1 is 0.952 bits per heavy atom. The summed E-state index contributed by atoms with van der Waals surface area (Å²) in [5.74, 6) is 0. The molecular formula is C19H18NO. The molecule has 1 N–H and O–H groups in total. The number of ether oxygens (including phenoxy) is 1. The molecule has 3 rings (SSSR count). The number of hydrogen-bond donors (Lipinski definition) is 1. The first kappa shape index (κ1) is 13.7. The fraction of sp³-hybridized carbons (Fsp3) is 0.158. The Morgan fingerprint density at radius 3 is 2.52 bits per heavy atom. The highest BCUT2D eigenvalue weighted by Gasteiger charge is 2.10. The summed E-state index contributed by atoms with van der Waals surface area (Å²) in [5, 5.41) is 5.70. The first-order chi connectivity index (χ1) is 10.4. The quantitative estimate of drug-likeness (QED) is 0.677. The van der Waals surface area contributed by atoms with Crippen LogP contribution in [0.5, 0.6) is 0 Å². The maximum atomic E-state index is 5.81. The monoisotopic (exact) mass is 276 g/mol. The lowest BCUT2D eigenvalue weighted by atomic mass is 10.1. The molecule has 0 aliphatic rings. The first-order valence-electron chi connectivity index (χ1n) is 7.21. The highest BCUT2D eigenvalue weighted by Crippen LogP contribution is 2.23. The fourth-order valence-electron chi connectivity index (χ4n) is 2.36. The van der Waals surface area contributed by atoms with Crippen LogP contribution in [0.1, 0.15) is 18.7 Å². The average molecular weight is 276 g/mol. The van der Waals surface area contributed by atoms with Crippen molar-refractivity contribution in [3.63, 3.8) is 0 Å². The first-order valence-corrected chi connectivity index (χ1v) is 7.21. The summed E-state index contributed by atoms with van der Waals surface area (Å²) in [6.07, 6.45) is -0.159. The van der Waals surface area contributed by atoms with Gasteiger partial charge in [0.1, 0.15) is 0 Å². The van der Waals surface area contributed by atoms with Gasteiger partial charge in [0.15, 0.2) is 6.23 Å². The molecular weight excluding hydrogens is 258 g/mol. The van der Waals surface area contributed by atoms with E-state index in [4.69, 9.17) is 4.74 Å². The maximum Gasteiger partial charge on any atom is 0.154 e. The van der Waals surface area contributed by atoms with Crippen LogP contribution in [0.3, 0.4) is 0 Å². The molecule has 2 heteroatoms. The van der Waals surface area contributed by atoms with Gasteiger partial charge in [-0.1, -0.05) is 60.7 Å². The average Bonchev–Trinajstić information content (AvgIpc) is 2.55. The van der Waals surface area contributed by atoms with Crippen molar-refractivity contribution in [2.45, 2.75) is 13.2 Å². The lowest BCUT2D eigenvalue weighted by molar-refractivity contribution is 0.0829. The van der Waals surface area contributed by atoms with Crippen LogP contribution in [0.15, 0.2) is 66.7 Å². The molecule has 1 atom stereocenters. The zero-order chi connectivity index (χ0) is 14.5. The van der Waals surface area contributed by atoms with Gasteiger partial charge in [0.05, 0.1) is 0 Å². The molecule has 0 saturated heterocycles. The second kappa shape index (κ2) is 6.42. The number of hydrogen-bond acceptors (Lipinski definition) is 2. The van der Waals surface area contributed by atoms with Crippen LogP contribution < -0.4 is 5.32 Å². The molecule has 2 nitrogen and oxygen atoms in total. The number of anilines is 1. The summed E-state index contributed by atoms with van der Waals surface area (Å²) < 4.78 is 5.81. The van der Waals surface area contributed by atoms with E-state index in [-0.39, 0.29) is 6.23 Å². The van der Waals surface area contributed by atoms with Crippen LogP contribution in [-0.4, -0.2) is 6.61 Å². The van der Waals surface area contributed by atoms with Crippen molar-refractivity contribution in [2.75, 3.05) is 11.9 Å².